The van der Waals surface area contributed by atoms with Crippen molar-refractivity contribution < 1.29 is 19.1 Å². The van der Waals surface area contributed by atoms with E-state index in [9.17, 15) is 9.59 Å². The molecule has 0 aliphatic carbocycles. The monoisotopic (exact) mass is 362 g/mol. The van der Waals surface area contributed by atoms with Crippen LogP contribution in [0.3, 0.4) is 0 Å². The van der Waals surface area contributed by atoms with Gasteiger partial charge in [-0.1, -0.05) is 55.1 Å². The van der Waals surface area contributed by atoms with Gasteiger partial charge in [0, 0.05) is 11.1 Å². The van der Waals surface area contributed by atoms with Gasteiger partial charge in [-0.05, 0) is 48.4 Å². The summed E-state index contributed by atoms with van der Waals surface area (Å²) in [6, 6.07) is 18.1. The molecule has 4 nitrogen and oxygen atoms in total. The first-order valence-electron chi connectivity index (χ1n) is 8.75. The molecule has 0 aliphatic rings. The van der Waals surface area contributed by atoms with Gasteiger partial charge in [0.2, 0.25) is 0 Å². The lowest BCUT2D eigenvalue weighted by Gasteiger charge is -2.28. The van der Waals surface area contributed by atoms with Crippen LogP contribution < -0.4 is 0 Å². The van der Waals surface area contributed by atoms with E-state index in [1.165, 1.54) is 6.92 Å². The number of rotatable bonds is 5. The second kappa shape index (κ2) is 7.23. The highest BCUT2D eigenvalue weighted by molar-refractivity contribution is 6.03. The fourth-order valence-corrected chi connectivity index (χ4v) is 3.28. The Bertz CT molecular complexity index is 993. The smallest absolute Gasteiger partial charge is 0.345 e. The molecule has 0 fully saturated rings. The number of carbonyl (C=O) groups excluding carboxylic acids is 2. The molecule has 0 saturated carbocycles. The number of hydrogen-bond acceptors (Lipinski definition) is 4. The van der Waals surface area contributed by atoms with Crippen molar-refractivity contribution in [3.8, 4) is 0 Å². The minimum atomic E-state index is -0.910. The number of esters is 2. The van der Waals surface area contributed by atoms with Gasteiger partial charge in [0.05, 0.1) is 0 Å². The number of ether oxygens (including phenoxy) is 2. The van der Waals surface area contributed by atoms with Crippen molar-refractivity contribution in [1.29, 1.82) is 0 Å². The first-order chi connectivity index (χ1) is 12.8. The molecule has 0 aliphatic heterocycles. The minimum absolute atomic E-state index is 0.238. The maximum atomic E-state index is 12.3. The van der Waals surface area contributed by atoms with Crippen LogP contribution >= 0.6 is 0 Å². The van der Waals surface area contributed by atoms with Crippen molar-refractivity contribution in [2.24, 2.45) is 0 Å². The molecular weight excluding hydrogens is 340 g/mol. The van der Waals surface area contributed by atoms with E-state index in [-0.39, 0.29) is 5.57 Å². The third-order valence-corrected chi connectivity index (χ3v) is 4.41. The van der Waals surface area contributed by atoms with Crippen molar-refractivity contribution in [1.82, 2.24) is 0 Å². The highest BCUT2D eigenvalue weighted by Crippen LogP contribution is 2.37. The fourth-order valence-electron chi connectivity index (χ4n) is 3.28. The second-order valence-electron chi connectivity index (χ2n) is 7.03. The van der Waals surface area contributed by atoms with Crippen LogP contribution in [-0.4, -0.2) is 18.5 Å². The van der Waals surface area contributed by atoms with E-state index in [4.69, 9.17) is 9.47 Å². The maximum Gasteiger partial charge on any atom is 0.345 e. The lowest BCUT2D eigenvalue weighted by molar-refractivity contribution is -0.167. The van der Waals surface area contributed by atoms with Gasteiger partial charge < -0.3 is 9.47 Å². The second-order valence-corrected chi connectivity index (χ2v) is 7.03. The van der Waals surface area contributed by atoms with Gasteiger partial charge in [-0.25, -0.2) is 9.59 Å². The van der Waals surface area contributed by atoms with E-state index < -0.39 is 24.1 Å². The number of hydrogen-bond donors (Lipinski definition) is 0. The molecule has 0 unspecified atom stereocenters. The third kappa shape index (κ3) is 3.85. The van der Waals surface area contributed by atoms with Gasteiger partial charge in [-0.3, -0.25) is 0 Å². The topological polar surface area (TPSA) is 52.6 Å². The quantitative estimate of drug-likeness (QED) is 0.368. The molecule has 0 saturated heterocycles. The molecule has 0 heterocycles. The lowest BCUT2D eigenvalue weighted by atomic mass is 9.87. The van der Waals surface area contributed by atoms with Crippen LogP contribution in [0.15, 0.2) is 66.7 Å². The van der Waals surface area contributed by atoms with E-state index >= 15 is 0 Å². The summed E-state index contributed by atoms with van der Waals surface area (Å²) < 4.78 is 10.6. The van der Waals surface area contributed by atoms with Crippen LogP contribution in [0, 0.1) is 0 Å². The molecule has 3 aromatic rings. The van der Waals surface area contributed by atoms with Gasteiger partial charge in [0.15, 0.2) is 6.61 Å². The molecule has 0 spiro atoms. The van der Waals surface area contributed by atoms with Gasteiger partial charge in [0.1, 0.15) is 5.60 Å². The third-order valence-electron chi connectivity index (χ3n) is 4.41. The zero-order valence-electron chi connectivity index (χ0n) is 15.7. The van der Waals surface area contributed by atoms with Gasteiger partial charge in [-0.15, -0.1) is 0 Å². The molecule has 27 heavy (non-hydrogen) atoms. The van der Waals surface area contributed by atoms with Crippen LogP contribution in [0.5, 0.6) is 0 Å². The van der Waals surface area contributed by atoms with Crippen molar-refractivity contribution >= 4 is 33.5 Å². The number of carbonyl (C=O) groups is 2. The molecule has 0 N–H and O–H groups in total. The molecule has 138 valence electrons. The van der Waals surface area contributed by atoms with Crippen LogP contribution in [0.2, 0.25) is 0 Å². The largest absolute Gasteiger partial charge is 0.452 e. The summed E-state index contributed by atoms with van der Waals surface area (Å²) in [7, 11) is 0. The Kier molecular flexibility index (Phi) is 5.00. The molecule has 0 bridgehead atoms. The Labute approximate surface area is 158 Å². The fraction of sp³-hybridized carbons (Fsp3) is 0.217. The Morgan fingerprint density at radius 1 is 0.963 bits per heavy atom. The van der Waals surface area contributed by atoms with E-state index in [0.717, 1.165) is 27.1 Å². The van der Waals surface area contributed by atoms with E-state index in [1.54, 1.807) is 0 Å². The van der Waals surface area contributed by atoms with Gasteiger partial charge in [-0.2, -0.15) is 0 Å². The average molecular weight is 362 g/mol. The van der Waals surface area contributed by atoms with Crippen LogP contribution in [0.1, 0.15) is 26.3 Å². The lowest BCUT2D eigenvalue weighted by Crippen LogP contribution is -2.29. The Hall–Kier alpha value is -3.14. The summed E-state index contributed by atoms with van der Waals surface area (Å²) in [6.07, 6.45) is 0. The van der Waals surface area contributed by atoms with Crippen molar-refractivity contribution in [2.75, 3.05) is 6.61 Å². The summed E-state index contributed by atoms with van der Waals surface area (Å²) in [5.41, 5.74) is 0.255. The summed E-state index contributed by atoms with van der Waals surface area (Å²) in [4.78, 5) is 23.8. The van der Waals surface area contributed by atoms with E-state index in [2.05, 4.69) is 12.6 Å². The van der Waals surface area contributed by atoms with Crippen LogP contribution in [-0.2, 0) is 24.7 Å². The summed E-state index contributed by atoms with van der Waals surface area (Å²) in [5, 5.41) is 4.19. The Morgan fingerprint density at radius 2 is 1.48 bits per heavy atom. The average Bonchev–Trinajstić information content (AvgIpc) is 2.63. The van der Waals surface area contributed by atoms with Crippen molar-refractivity contribution in [3.63, 3.8) is 0 Å². The minimum Gasteiger partial charge on any atom is -0.452 e. The molecule has 3 aromatic carbocycles. The zero-order valence-corrected chi connectivity index (χ0v) is 15.7. The normalized spacial score (nSPS) is 11.4. The first-order valence-corrected chi connectivity index (χ1v) is 8.75. The number of benzene rings is 3. The molecule has 0 aromatic heterocycles. The molecule has 4 heteroatoms. The molecule has 3 rings (SSSR count). The van der Waals surface area contributed by atoms with E-state index in [0.29, 0.717) is 0 Å². The SMILES string of the molecule is C=C(C)C(=O)OCC(=O)OC(C)(C)c1c2ccccc2cc2ccccc12. The highest BCUT2D eigenvalue weighted by atomic mass is 16.6. The predicted molar refractivity (Wildman–Crippen MR) is 106 cm³/mol. The summed E-state index contributed by atoms with van der Waals surface area (Å²) >= 11 is 0. The predicted octanol–water partition coefficient (Wildman–Crippen LogP) is 4.89. The van der Waals surface area contributed by atoms with E-state index in [1.807, 2.05) is 62.4 Å². The first kappa shape index (κ1) is 18.6. The molecule has 0 amide bonds. The Morgan fingerprint density at radius 3 is 2.00 bits per heavy atom. The molecule has 0 atom stereocenters. The summed E-state index contributed by atoms with van der Waals surface area (Å²) in [5.74, 6) is -1.22. The zero-order chi connectivity index (χ0) is 19.6. The number of fused-ring (bicyclic) bond motifs is 2. The van der Waals surface area contributed by atoms with Crippen molar-refractivity contribution in [2.45, 2.75) is 26.4 Å². The molecule has 0 radical (unpaired) electrons. The highest BCUT2D eigenvalue weighted by Gasteiger charge is 2.30. The van der Waals surface area contributed by atoms with Gasteiger partial charge in [0.25, 0.3) is 0 Å². The standard InChI is InChI=1S/C23H22O4/c1-15(2)22(25)26-14-20(24)27-23(3,4)21-18-11-7-5-9-16(18)13-17-10-6-8-12-19(17)21/h5-13H,1,14H2,2-4H3. The Balaban J connectivity index is 2.00. The molecular formula is C23H22O4. The van der Waals surface area contributed by atoms with Crippen molar-refractivity contribution in [3.05, 3.63) is 72.3 Å². The van der Waals surface area contributed by atoms with Crippen LogP contribution in [0.4, 0.5) is 0 Å². The van der Waals surface area contributed by atoms with Crippen LogP contribution in [0.25, 0.3) is 21.5 Å². The summed E-state index contributed by atoms with van der Waals surface area (Å²) in [6.45, 7) is 8.27. The maximum absolute atomic E-state index is 12.3. The van der Waals surface area contributed by atoms with Gasteiger partial charge >= 0.3 is 11.9 Å².